The Balaban J connectivity index is 1.79. The maximum atomic E-state index is 12.1. The van der Waals surface area contributed by atoms with Gasteiger partial charge in [-0.3, -0.25) is 9.78 Å². The Bertz CT molecular complexity index is 850. The second-order valence-electron chi connectivity index (χ2n) is 4.87. The monoisotopic (exact) mass is 289 g/mol. The second kappa shape index (κ2) is 6.10. The molecule has 4 heteroatoms. The molecule has 2 aromatic carbocycles. The third-order valence-electron chi connectivity index (χ3n) is 3.24. The predicted octanol–water partition coefficient (Wildman–Crippen LogP) is 3.47. The lowest BCUT2D eigenvalue weighted by atomic mass is 10.1. The highest BCUT2D eigenvalue weighted by Crippen LogP contribution is 2.20. The van der Waals surface area contributed by atoms with Gasteiger partial charge in [0.25, 0.3) is 0 Å². The SMILES string of the molecule is Nc1cccc(/C=C/C(=O)Nc2ccnc3ccccc23)c1. The van der Waals surface area contributed by atoms with Crippen molar-refractivity contribution in [2.75, 3.05) is 11.1 Å². The number of nitrogen functional groups attached to an aromatic ring is 1. The molecule has 1 amide bonds. The molecular weight excluding hydrogens is 274 g/mol. The van der Waals surface area contributed by atoms with E-state index in [1.165, 1.54) is 6.08 Å². The van der Waals surface area contributed by atoms with E-state index >= 15 is 0 Å². The average Bonchev–Trinajstić information content (AvgIpc) is 2.53. The molecule has 0 saturated heterocycles. The number of hydrogen-bond donors (Lipinski definition) is 2. The van der Waals surface area contributed by atoms with Gasteiger partial charge in [-0.1, -0.05) is 30.3 Å². The van der Waals surface area contributed by atoms with Crippen molar-refractivity contribution >= 4 is 34.3 Å². The molecule has 4 nitrogen and oxygen atoms in total. The zero-order valence-corrected chi connectivity index (χ0v) is 11.9. The van der Waals surface area contributed by atoms with E-state index in [9.17, 15) is 4.79 Å². The summed E-state index contributed by atoms with van der Waals surface area (Å²) in [5.41, 5.74) is 8.85. The molecule has 0 atom stereocenters. The molecule has 3 rings (SSSR count). The summed E-state index contributed by atoms with van der Waals surface area (Å²) in [6.45, 7) is 0. The molecule has 0 aliphatic rings. The van der Waals surface area contributed by atoms with Gasteiger partial charge < -0.3 is 11.1 Å². The summed E-state index contributed by atoms with van der Waals surface area (Å²) in [5.74, 6) is -0.196. The summed E-state index contributed by atoms with van der Waals surface area (Å²) < 4.78 is 0. The van der Waals surface area contributed by atoms with E-state index in [0.717, 1.165) is 22.2 Å². The van der Waals surface area contributed by atoms with Gasteiger partial charge in [0.1, 0.15) is 0 Å². The normalized spacial score (nSPS) is 10.9. The van der Waals surface area contributed by atoms with Crippen molar-refractivity contribution in [1.82, 2.24) is 4.98 Å². The summed E-state index contributed by atoms with van der Waals surface area (Å²) >= 11 is 0. The number of rotatable bonds is 3. The molecule has 0 bridgehead atoms. The third-order valence-corrected chi connectivity index (χ3v) is 3.24. The van der Waals surface area contributed by atoms with Crippen molar-refractivity contribution in [3.63, 3.8) is 0 Å². The fourth-order valence-electron chi connectivity index (χ4n) is 2.21. The number of hydrogen-bond acceptors (Lipinski definition) is 3. The van der Waals surface area contributed by atoms with Crippen molar-refractivity contribution in [3.05, 3.63) is 72.4 Å². The Labute approximate surface area is 128 Å². The number of amides is 1. The molecule has 1 aromatic heterocycles. The van der Waals surface area contributed by atoms with Gasteiger partial charge in [-0.25, -0.2) is 0 Å². The lowest BCUT2D eigenvalue weighted by Gasteiger charge is -2.06. The first-order chi connectivity index (χ1) is 10.7. The van der Waals surface area contributed by atoms with E-state index in [1.807, 2.05) is 42.5 Å². The van der Waals surface area contributed by atoms with Crippen LogP contribution in [0.2, 0.25) is 0 Å². The van der Waals surface area contributed by atoms with E-state index in [0.29, 0.717) is 5.69 Å². The van der Waals surface area contributed by atoms with Crippen molar-refractivity contribution in [2.45, 2.75) is 0 Å². The highest BCUT2D eigenvalue weighted by molar-refractivity contribution is 6.06. The van der Waals surface area contributed by atoms with Gasteiger partial charge >= 0.3 is 0 Å². The van der Waals surface area contributed by atoms with Crippen LogP contribution in [0.3, 0.4) is 0 Å². The Morgan fingerprint density at radius 2 is 1.95 bits per heavy atom. The number of nitrogens with zero attached hydrogens (tertiary/aromatic N) is 1. The Hall–Kier alpha value is -3.14. The first-order valence-electron chi connectivity index (χ1n) is 6.91. The molecule has 0 unspecified atom stereocenters. The van der Waals surface area contributed by atoms with Gasteiger partial charge in [-0.15, -0.1) is 0 Å². The lowest BCUT2D eigenvalue weighted by Crippen LogP contribution is -2.08. The largest absolute Gasteiger partial charge is 0.399 e. The highest BCUT2D eigenvalue weighted by Gasteiger charge is 2.03. The van der Waals surface area contributed by atoms with Crippen LogP contribution in [-0.2, 0) is 4.79 Å². The quantitative estimate of drug-likeness (QED) is 0.573. The molecule has 0 aliphatic carbocycles. The number of carbonyl (C=O) groups is 1. The zero-order valence-electron chi connectivity index (χ0n) is 11.9. The van der Waals surface area contributed by atoms with Gasteiger partial charge in [0.2, 0.25) is 5.91 Å². The number of pyridine rings is 1. The van der Waals surface area contributed by atoms with E-state index in [-0.39, 0.29) is 5.91 Å². The molecule has 0 saturated carbocycles. The summed E-state index contributed by atoms with van der Waals surface area (Å²) in [7, 11) is 0. The minimum atomic E-state index is -0.196. The highest BCUT2D eigenvalue weighted by atomic mass is 16.1. The number of benzene rings is 2. The Kier molecular flexibility index (Phi) is 3.83. The number of para-hydroxylation sites is 1. The predicted molar refractivity (Wildman–Crippen MR) is 90.3 cm³/mol. The van der Waals surface area contributed by atoms with E-state index in [2.05, 4.69) is 10.3 Å². The lowest BCUT2D eigenvalue weighted by molar-refractivity contribution is -0.111. The molecule has 1 heterocycles. The standard InChI is InChI=1S/C18H15N3O/c19-14-5-3-4-13(12-14)8-9-18(22)21-17-10-11-20-16-7-2-1-6-15(16)17/h1-12H,19H2,(H,20,21,22)/b9-8+. The molecule has 22 heavy (non-hydrogen) atoms. The zero-order chi connectivity index (χ0) is 15.4. The van der Waals surface area contributed by atoms with Crippen LogP contribution in [-0.4, -0.2) is 10.9 Å². The minimum Gasteiger partial charge on any atom is -0.399 e. The smallest absolute Gasteiger partial charge is 0.248 e. The first kappa shape index (κ1) is 13.8. The fraction of sp³-hybridized carbons (Fsp3) is 0. The van der Waals surface area contributed by atoms with Crippen LogP contribution >= 0.6 is 0 Å². The fourth-order valence-corrected chi connectivity index (χ4v) is 2.21. The summed E-state index contributed by atoms with van der Waals surface area (Å²) in [6, 6.07) is 16.8. The van der Waals surface area contributed by atoms with Crippen molar-refractivity contribution in [3.8, 4) is 0 Å². The number of nitrogens with two attached hydrogens (primary N) is 1. The topological polar surface area (TPSA) is 68.0 Å². The Morgan fingerprint density at radius 3 is 2.82 bits per heavy atom. The molecule has 3 aromatic rings. The number of anilines is 2. The second-order valence-corrected chi connectivity index (χ2v) is 4.87. The van der Waals surface area contributed by atoms with Crippen molar-refractivity contribution in [2.24, 2.45) is 0 Å². The number of carbonyl (C=O) groups excluding carboxylic acids is 1. The maximum absolute atomic E-state index is 12.1. The van der Waals surface area contributed by atoms with E-state index in [4.69, 9.17) is 5.73 Å². The van der Waals surface area contributed by atoms with Crippen LogP contribution in [0, 0.1) is 0 Å². The van der Waals surface area contributed by atoms with Crippen LogP contribution in [0.15, 0.2) is 66.9 Å². The van der Waals surface area contributed by atoms with Crippen molar-refractivity contribution < 1.29 is 4.79 Å². The number of nitrogens with one attached hydrogen (secondary N) is 1. The molecule has 0 aliphatic heterocycles. The van der Waals surface area contributed by atoms with Crippen LogP contribution in [0.1, 0.15) is 5.56 Å². The third kappa shape index (κ3) is 3.12. The van der Waals surface area contributed by atoms with Gasteiger partial charge in [0.05, 0.1) is 11.2 Å². The first-order valence-corrected chi connectivity index (χ1v) is 6.91. The van der Waals surface area contributed by atoms with Crippen LogP contribution < -0.4 is 11.1 Å². The van der Waals surface area contributed by atoms with Gasteiger partial charge in [-0.05, 0) is 35.9 Å². The summed E-state index contributed by atoms with van der Waals surface area (Å²) in [6.07, 6.45) is 4.90. The van der Waals surface area contributed by atoms with Crippen LogP contribution in [0.25, 0.3) is 17.0 Å². The molecule has 0 spiro atoms. The number of aromatic nitrogens is 1. The molecular formula is C18H15N3O. The molecule has 0 radical (unpaired) electrons. The Morgan fingerprint density at radius 1 is 1.09 bits per heavy atom. The van der Waals surface area contributed by atoms with Gasteiger partial charge in [0, 0.05) is 23.3 Å². The summed E-state index contributed by atoms with van der Waals surface area (Å²) in [5, 5.41) is 3.79. The molecule has 108 valence electrons. The van der Waals surface area contributed by atoms with Gasteiger partial charge in [0.15, 0.2) is 0 Å². The van der Waals surface area contributed by atoms with Gasteiger partial charge in [-0.2, -0.15) is 0 Å². The minimum absolute atomic E-state index is 0.196. The molecule has 3 N–H and O–H groups in total. The van der Waals surface area contributed by atoms with E-state index < -0.39 is 0 Å². The molecule has 0 fully saturated rings. The summed E-state index contributed by atoms with van der Waals surface area (Å²) in [4.78, 5) is 16.3. The maximum Gasteiger partial charge on any atom is 0.248 e. The number of fused-ring (bicyclic) bond motifs is 1. The van der Waals surface area contributed by atoms with Crippen LogP contribution in [0.5, 0.6) is 0 Å². The van der Waals surface area contributed by atoms with E-state index in [1.54, 1.807) is 24.4 Å². The average molecular weight is 289 g/mol. The van der Waals surface area contributed by atoms with Crippen molar-refractivity contribution in [1.29, 1.82) is 0 Å². The van der Waals surface area contributed by atoms with Crippen LogP contribution in [0.4, 0.5) is 11.4 Å².